The van der Waals surface area contributed by atoms with Crippen LogP contribution in [0.25, 0.3) is 0 Å². The summed E-state index contributed by atoms with van der Waals surface area (Å²) in [5.41, 5.74) is 0.334. The molecule has 4 nitrogen and oxygen atoms in total. The highest BCUT2D eigenvalue weighted by Gasteiger charge is 2.19. The zero-order chi connectivity index (χ0) is 12.1. The molecule has 0 radical (unpaired) electrons. The average Bonchev–Trinajstić information content (AvgIpc) is 2.26. The average molecular weight is 262 g/mol. The summed E-state index contributed by atoms with van der Waals surface area (Å²) < 4.78 is 0. The summed E-state index contributed by atoms with van der Waals surface area (Å²) in [5.74, 6) is -1.85. The lowest BCUT2D eigenvalue weighted by Gasteiger charge is -2.11. The summed E-state index contributed by atoms with van der Waals surface area (Å²) in [7, 11) is 0. The SMILES string of the molecule is O=C(NC(CCl)C(=O)O)c1ccc(Cl)cc1. The summed E-state index contributed by atoms with van der Waals surface area (Å²) in [6.07, 6.45) is 0. The van der Waals surface area contributed by atoms with Gasteiger partial charge in [0, 0.05) is 10.6 Å². The van der Waals surface area contributed by atoms with Crippen LogP contribution >= 0.6 is 23.2 Å². The Bertz CT molecular complexity index is 392. The number of rotatable bonds is 4. The number of carboxylic acid groups (broad SMARTS) is 1. The Morgan fingerprint density at radius 1 is 1.31 bits per heavy atom. The first-order valence-electron chi connectivity index (χ1n) is 4.40. The summed E-state index contributed by atoms with van der Waals surface area (Å²) >= 11 is 11.1. The van der Waals surface area contributed by atoms with Crippen molar-refractivity contribution in [3.63, 3.8) is 0 Å². The van der Waals surface area contributed by atoms with Crippen LogP contribution in [0.1, 0.15) is 10.4 Å². The van der Waals surface area contributed by atoms with Crippen molar-refractivity contribution in [1.29, 1.82) is 0 Å². The van der Waals surface area contributed by atoms with Gasteiger partial charge in [0.25, 0.3) is 5.91 Å². The second-order valence-corrected chi connectivity index (χ2v) is 3.77. The molecule has 86 valence electrons. The maximum atomic E-state index is 11.6. The van der Waals surface area contributed by atoms with Crippen LogP contribution in [0.5, 0.6) is 0 Å². The van der Waals surface area contributed by atoms with Gasteiger partial charge in [0.15, 0.2) is 0 Å². The maximum absolute atomic E-state index is 11.6. The van der Waals surface area contributed by atoms with Crippen LogP contribution in [0, 0.1) is 0 Å². The number of carbonyl (C=O) groups excluding carboxylic acids is 1. The molecular weight excluding hydrogens is 253 g/mol. The highest BCUT2D eigenvalue weighted by Crippen LogP contribution is 2.09. The van der Waals surface area contributed by atoms with E-state index in [9.17, 15) is 9.59 Å². The number of carboxylic acids is 1. The first-order valence-corrected chi connectivity index (χ1v) is 5.31. The van der Waals surface area contributed by atoms with Gasteiger partial charge >= 0.3 is 5.97 Å². The molecule has 0 spiro atoms. The number of carbonyl (C=O) groups is 2. The molecule has 0 fully saturated rings. The van der Waals surface area contributed by atoms with E-state index in [0.29, 0.717) is 10.6 Å². The van der Waals surface area contributed by atoms with Gasteiger partial charge in [-0.15, -0.1) is 11.6 Å². The second-order valence-electron chi connectivity index (χ2n) is 3.03. The van der Waals surface area contributed by atoms with Gasteiger partial charge < -0.3 is 10.4 Å². The molecule has 1 unspecified atom stereocenters. The Labute approximate surface area is 102 Å². The van der Waals surface area contributed by atoms with E-state index in [-0.39, 0.29) is 5.88 Å². The van der Waals surface area contributed by atoms with Crippen molar-refractivity contribution >= 4 is 35.1 Å². The summed E-state index contributed by atoms with van der Waals surface area (Å²) in [4.78, 5) is 22.2. The van der Waals surface area contributed by atoms with E-state index in [1.54, 1.807) is 12.1 Å². The van der Waals surface area contributed by atoms with Gasteiger partial charge in [-0.1, -0.05) is 11.6 Å². The van der Waals surface area contributed by atoms with Crippen LogP contribution in [-0.2, 0) is 4.79 Å². The van der Waals surface area contributed by atoms with E-state index in [1.807, 2.05) is 0 Å². The molecule has 1 rings (SSSR count). The smallest absolute Gasteiger partial charge is 0.327 e. The van der Waals surface area contributed by atoms with Crippen molar-refractivity contribution in [3.05, 3.63) is 34.9 Å². The van der Waals surface area contributed by atoms with E-state index in [1.165, 1.54) is 12.1 Å². The van der Waals surface area contributed by atoms with Crippen molar-refractivity contribution in [1.82, 2.24) is 5.32 Å². The first kappa shape index (κ1) is 12.8. The summed E-state index contributed by atoms with van der Waals surface area (Å²) in [5, 5.41) is 11.5. The van der Waals surface area contributed by atoms with E-state index in [2.05, 4.69) is 5.32 Å². The van der Waals surface area contributed by atoms with Gasteiger partial charge in [-0.3, -0.25) is 4.79 Å². The molecule has 0 aliphatic heterocycles. The third-order valence-electron chi connectivity index (χ3n) is 1.86. The molecular formula is C10H9Cl2NO3. The molecule has 1 amide bonds. The Balaban J connectivity index is 2.71. The van der Waals surface area contributed by atoms with Gasteiger partial charge in [-0.25, -0.2) is 4.79 Å². The molecule has 6 heteroatoms. The lowest BCUT2D eigenvalue weighted by molar-refractivity contribution is -0.138. The zero-order valence-electron chi connectivity index (χ0n) is 8.11. The van der Waals surface area contributed by atoms with Crippen LogP contribution in [-0.4, -0.2) is 28.9 Å². The molecule has 0 aliphatic carbocycles. The van der Waals surface area contributed by atoms with Crippen LogP contribution < -0.4 is 5.32 Å². The fourth-order valence-corrected chi connectivity index (χ4v) is 1.34. The molecule has 0 bridgehead atoms. The van der Waals surface area contributed by atoms with Gasteiger partial charge in [0.1, 0.15) is 6.04 Å². The molecule has 0 aromatic heterocycles. The van der Waals surface area contributed by atoms with Gasteiger partial charge in [-0.2, -0.15) is 0 Å². The van der Waals surface area contributed by atoms with Crippen LogP contribution in [0.3, 0.4) is 0 Å². The minimum Gasteiger partial charge on any atom is -0.480 e. The molecule has 1 aromatic carbocycles. The summed E-state index contributed by atoms with van der Waals surface area (Å²) in [6, 6.07) is 5.01. The predicted molar refractivity (Wildman–Crippen MR) is 61.1 cm³/mol. The monoisotopic (exact) mass is 261 g/mol. The van der Waals surface area contributed by atoms with Crippen LogP contribution in [0.2, 0.25) is 5.02 Å². The Morgan fingerprint density at radius 3 is 2.31 bits per heavy atom. The number of aliphatic carboxylic acids is 1. The second kappa shape index (κ2) is 5.72. The number of hydrogen-bond donors (Lipinski definition) is 2. The van der Waals surface area contributed by atoms with E-state index in [0.717, 1.165) is 0 Å². The zero-order valence-corrected chi connectivity index (χ0v) is 9.63. The lowest BCUT2D eigenvalue weighted by atomic mass is 10.2. The normalized spacial score (nSPS) is 11.9. The maximum Gasteiger partial charge on any atom is 0.327 e. The van der Waals surface area contributed by atoms with E-state index < -0.39 is 17.9 Å². The first-order chi connectivity index (χ1) is 7.54. The number of nitrogens with one attached hydrogen (secondary N) is 1. The number of benzene rings is 1. The highest BCUT2D eigenvalue weighted by atomic mass is 35.5. The quantitative estimate of drug-likeness (QED) is 0.812. The molecule has 1 aromatic rings. The molecule has 0 saturated heterocycles. The number of halogens is 2. The van der Waals surface area contributed by atoms with Gasteiger partial charge in [0.05, 0.1) is 5.88 Å². The largest absolute Gasteiger partial charge is 0.480 e. The fourth-order valence-electron chi connectivity index (χ4n) is 1.01. The van der Waals surface area contributed by atoms with Crippen molar-refractivity contribution in [2.45, 2.75) is 6.04 Å². The number of amides is 1. The van der Waals surface area contributed by atoms with Crippen molar-refractivity contribution in [3.8, 4) is 0 Å². The van der Waals surface area contributed by atoms with Gasteiger partial charge in [-0.05, 0) is 24.3 Å². The minimum absolute atomic E-state index is 0.186. The highest BCUT2D eigenvalue weighted by molar-refractivity contribution is 6.30. The number of alkyl halides is 1. The lowest BCUT2D eigenvalue weighted by Crippen LogP contribution is -2.42. The number of hydrogen-bond acceptors (Lipinski definition) is 2. The molecule has 0 aliphatic rings. The Kier molecular flexibility index (Phi) is 4.58. The van der Waals surface area contributed by atoms with Crippen LogP contribution in [0.4, 0.5) is 0 Å². The summed E-state index contributed by atoms with van der Waals surface area (Å²) in [6.45, 7) is 0. The third-order valence-corrected chi connectivity index (χ3v) is 2.42. The predicted octanol–water partition coefficient (Wildman–Crippen LogP) is 1.76. The standard InChI is InChI=1S/C10H9Cl2NO3/c11-5-8(10(15)16)13-9(14)6-1-3-7(12)4-2-6/h1-4,8H,5H2,(H,13,14)(H,15,16). The van der Waals surface area contributed by atoms with E-state index >= 15 is 0 Å². The van der Waals surface area contributed by atoms with Crippen molar-refractivity contribution in [2.24, 2.45) is 0 Å². The third kappa shape index (κ3) is 3.40. The minimum atomic E-state index is -1.17. The van der Waals surface area contributed by atoms with Crippen molar-refractivity contribution < 1.29 is 14.7 Å². The van der Waals surface area contributed by atoms with Crippen LogP contribution in [0.15, 0.2) is 24.3 Å². The Morgan fingerprint density at radius 2 is 1.88 bits per heavy atom. The van der Waals surface area contributed by atoms with Crippen molar-refractivity contribution in [2.75, 3.05) is 5.88 Å². The molecule has 1 atom stereocenters. The molecule has 16 heavy (non-hydrogen) atoms. The molecule has 0 saturated carbocycles. The molecule has 2 N–H and O–H groups in total. The topological polar surface area (TPSA) is 66.4 Å². The fraction of sp³-hybridized carbons (Fsp3) is 0.200. The Hall–Kier alpha value is -1.26. The van der Waals surface area contributed by atoms with Gasteiger partial charge in [0.2, 0.25) is 0 Å². The molecule has 0 heterocycles. The van der Waals surface area contributed by atoms with E-state index in [4.69, 9.17) is 28.3 Å².